The first-order valence-electron chi connectivity index (χ1n) is 6.34. The molecule has 3 nitrogen and oxygen atoms in total. The van der Waals surface area contributed by atoms with Crippen LogP contribution < -0.4 is 10.6 Å². The van der Waals surface area contributed by atoms with Gasteiger partial charge in [0.15, 0.2) is 0 Å². The molecule has 1 saturated heterocycles. The first kappa shape index (κ1) is 10.9. The minimum Gasteiger partial charge on any atom is -0.356 e. The average Bonchev–Trinajstić information content (AvgIpc) is 2.62. The van der Waals surface area contributed by atoms with Gasteiger partial charge in [-0.3, -0.25) is 4.79 Å². The fraction of sp³-hybridized carbons (Fsp3) is 0.917. The van der Waals surface area contributed by atoms with Crippen LogP contribution in [0.2, 0.25) is 0 Å². The molecule has 1 amide bonds. The van der Waals surface area contributed by atoms with Crippen molar-refractivity contribution in [1.29, 1.82) is 0 Å². The number of carbonyl (C=O) groups is 1. The lowest BCUT2D eigenvalue weighted by Gasteiger charge is -2.25. The second-order valence-electron chi connectivity index (χ2n) is 4.94. The van der Waals surface area contributed by atoms with Crippen LogP contribution in [0, 0.1) is 11.8 Å². The van der Waals surface area contributed by atoms with Crippen LogP contribution in [0.3, 0.4) is 0 Å². The first-order valence-corrected chi connectivity index (χ1v) is 6.34. The fourth-order valence-electron chi connectivity index (χ4n) is 2.52. The van der Waals surface area contributed by atoms with Gasteiger partial charge in [0.1, 0.15) is 0 Å². The lowest BCUT2D eigenvalue weighted by molar-refractivity contribution is -0.126. The van der Waals surface area contributed by atoms with E-state index in [1.54, 1.807) is 0 Å². The number of carbonyl (C=O) groups excluding carboxylic acids is 1. The zero-order valence-corrected chi connectivity index (χ0v) is 9.43. The normalized spacial score (nSPS) is 22.7. The predicted molar refractivity (Wildman–Crippen MR) is 60.6 cm³/mol. The highest BCUT2D eigenvalue weighted by Crippen LogP contribution is 2.28. The number of hydrogen-bond donors (Lipinski definition) is 2. The van der Waals surface area contributed by atoms with Gasteiger partial charge in [0.05, 0.1) is 5.92 Å². The van der Waals surface area contributed by atoms with Gasteiger partial charge in [-0.1, -0.05) is 25.7 Å². The molecule has 2 fully saturated rings. The van der Waals surface area contributed by atoms with Crippen LogP contribution in [0.25, 0.3) is 0 Å². The summed E-state index contributed by atoms with van der Waals surface area (Å²) in [6.45, 7) is 2.62. The van der Waals surface area contributed by atoms with E-state index in [1.807, 2.05) is 0 Å². The Bertz CT molecular complexity index is 208. The molecule has 0 aromatic rings. The quantitative estimate of drug-likeness (QED) is 0.671. The molecule has 0 spiro atoms. The van der Waals surface area contributed by atoms with Gasteiger partial charge in [-0.05, 0) is 18.8 Å². The molecule has 86 valence electrons. The smallest absolute Gasteiger partial charge is 0.225 e. The molecule has 2 N–H and O–H groups in total. The Balaban J connectivity index is 1.48. The Kier molecular flexibility index (Phi) is 4.01. The molecule has 0 aromatic carbocycles. The molecule has 0 atom stereocenters. The van der Waals surface area contributed by atoms with Crippen LogP contribution in [-0.4, -0.2) is 25.5 Å². The SMILES string of the molecule is O=C(NCCCC1CCCC1)C1CNC1. The molecule has 3 heteroatoms. The zero-order valence-electron chi connectivity index (χ0n) is 9.43. The topological polar surface area (TPSA) is 41.1 Å². The summed E-state index contributed by atoms with van der Waals surface area (Å²) in [4.78, 5) is 11.5. The van der Waals surface area contributed by atoms with Crippen LogP contribution in [0.1, 0.15) is 38.5 Å². The van der Waals surface area contributed by atoms with Crippen molar-refractivity contribution in [3.05, 3.63) is 0 Å². The number of nitrogens with one attached hydrogen (secondary N) is 2. The van der Waals surface area contributed by atoms with Gasteiger partial charge >= 0.3 is 0 Å². The molecule has 2 aliphatic rings. The van der Waals surface area contributed by atoms with Crippen LogP contribution in [0.15, 0.2) is 0 Å². The lowest BCUT2D eigenvalue weighted by Crippen LogP contribution is -2.50. The molecule has 2 rings (SSSR count). The Morgan fingerprint density at radius 1 is 1.27 bits per heavy atom. The van der Waals surface area contributed by atoms with Crippen molar-refractivity contribution >= 4 is 5.91 Å². The van der Waals surface area contributed by atoms with Gasteiger partial charge < -0.3 is 10.6 Å². The molecule has 1 aliphatic carbocycles. The van der Waals surface area contributed by atoms with Crippen molar-refractivity contribution in [3.63, 3.8) is 0 Å². The van der Waals surface area contributed by atoms with Crippen LogP contribution >= 0.6 is 0 Å². The van der Waals surface area contributed by atoms with Gasteiger partial charge in [-0.2, -0.15) is 0 Å². The third-order valence-electron chi connectivity index (χ3n) is 3.72. The molecular weight excluding hydrogens is 188 g/mol. The maximum absolute atomic E-state index is 11.5. The van der Waals surface area contributed by atoms with E-state index in [4.69, 9.17) is 0 Å². The van der Waals surface area contributed by atoms with E-state index in [0.29, 0.717) is 0 Å². The standard InChI is InChI=1S/C12H22N2O/c15-12(11-8-13-9-11)14-7-3-6-10-4-1-2-5-10/h10-11,13H,1-9H2,(H,14,15). The maximum atomic E-state index is 11.5. The van der Waals surface area contributed by atoms with Crippen molar-refractivity contribution in [3.8, 4) is 0 Å². The van der Waals surface area contributed by atoms with E-state index in [1.165, 1.54) is 32.1 Å². The first-order chi connectivity index (χ1) is 7.36. The number of hydrogen-bond acceptors (Lipinski definition) is 2. The molecule has 1 heterocycles. The Morgan fingerprint density at radius 3 is 2.60 bits per heavy atom. The largest absolute Gasteiger partial charge is 0.356 e. The Morgan fingerprint density at radius 2 is 2.00 bits per heavy atom. The summed E-state index contributed by atoms with van der Waals surface area (Å²) >= 11 is 0. The van der Waals surface area contributed by atoms with E-state index in [9.17, 15) is 4.79 Å². The summed E-state index contributed by atoms with van der Waals surface area (Å²) in [6, 6.07) is 0. The summed E-state index contributed by atoms with van der Waals surface area (Å²) in [7, 11) is 0. The highest BCUT2D eigenvalue weighted by atomic mass is 16.2. The molecular formula is C12H22N2O. The number of rotatable bonds is 5. The minimum absolute atomic E-state index is 0.247. The van der Waals surface area contributed by atoms with Gasteiger partial charge in [0, 0.05) is 19.6 Å². The van der Waals surface area contributed by atoms with Crippen LogP contribution in [-0.2, 0) is 4.79 Å². The molecule has 0 unspecified atom stereocenters. The highest BCUT2D eigenvalue weighted by Gasteiger charge is 2.24. The fourth-order valence-corrected chi connectivity index (χ4v) is 2.52. The second-order valence-corrected chi connectivity index (χ2v) is 4.94. The van der Waals surface area contributed by atoms with Gasteiger partial charge in [-0.25, -0.2) is 0 Å². The van der Waals surface area contributed by atoms with E-state index in [2.05, 4.69) is 10.6 Å². The maximum Gasteiger partial charge on any atom is 0.225 e. The van der Waals surface area contributed by atoms with Crippen molar-refractivity contribution in [2.45, 2.75) is 38.5 Å². The van der Waals surface area contributed by atoms with Gasteiger partial charge in [-0.15, -0.1) is 0 Å². The molecule has 0 aromatic heterocycles. The zero-order chi connectivity index (χ0) is 10.5. The van der Waals surface area contributed by atoms with Crippen LogP contribution in [0.4, 0.5) is 0 Å². The lowest BCUT2D eigenvalue weighted by atomic mass is 10.0. The Hall–Kier alpha value is -0.570. The van der Waals surface area contributed by atoms with E-state index in [0.717, 1.165) is 32.0 Å². The van der Waals surface area contributed by atoms with Crippen LogP contribution in [0.5, 0.6) is 0 Å². The van der Waals surface area contributed by atoms with E-state index in [-0.39, 0.29) is 11.8 Å². The summed E-state index contributed by atoms with van der Waals surface area (Å²) in [5.41, 5.74) is 0. The Labute approximate surface area is 92.0 Å². The molecule has 0 radical (unpaired) electrons. The number of amides is 1. The third-order valence-corrected chi connectivity index (χ3v) is 3.72. The summed E-state index contributed by atoms with van der Waals surface area (Å²) in [5.74, 6) is 1.45. The predicted octanol–water partition coefficient (Wildman–Crippen LogP) is 1.29. The summed E-state index contributed by atoms with van der Waals surface area (Å²) in [6.07, 6.45) is 8.15. The summed E-state index contributed by atoms with van der Waals surface area (Å²) in [5, 5.41) is 6.15. The third kappa shape index (κ3) is 3.20. The minimum atomic E-state index is 0.247. The monoisotopic (exact) mass is 210 g/mol. The molecule has 15 heavy (non-hydrogen) atoms. The molecule has 1 saturated carbocycles. The van der Waals surface area contributed by atoms with Crippen molar-refractivity contribution < 1.29 is 4.79 Å². The highest BCUT2D eigenvalue weighted by molar-refractivity contribution is 5.79. The van der Waals surface area contributed by atoms with E-state index >= 15 is 0 Å². The summed E-state index contributed by atoms with van der Waals surface area (Å²) < 4.78 is 0. The van der Waals surface area contributed by atoms with Crippen molar-refractivity contribution in [2.75, 3.05) is 19.6 Å². The van der Waals surface area contributed by atoms with Gasteiger partial charge in [0.25, 0.3) is 0 Å². The second kappa shape index (κ2) is 5.50. The van der Waals surface area contributed by atoms with E-state index < -0.39 is 0 Å². The van der Waals surface area contributed by atoms with Crippen molar-refractivity contribution in [2.24, 2.45) is 11.8 Å². The molecule has 0 bridgehead atoms. The van der Waals surface area contributed by atoms with Gasteiger partial charge in [0.2, 0.25) is 5.91 Å². The molecule has 1 aliphatic heterocycles. The van der Waals surface area contributed by atoms with Crippen molar-refractivity contribution in [1.82, 2.24) is 10.6 Å². The average molecular weight is 210 g/mol.